The molecule has 0 saturated heterocycles. The van der Waals surface area contributed by atoms with E-state index in [9.17, 15) is 8.42 Å². The lowest BCUT2D eigenvalue weighted by atomic mass is 9.88. The molecular formula is C23H27N3O2S2. The molecule has 3 aromatic rings. The van der Waals surface area contributed by atoms with Crippen molar-refractivity contribution in [2.75, 3.05) is 0 Å². The molecule has 1 aliphatic rings. The Balaban J connectivity index is 1.78. The average molecular weight is 442 g/mol. The van der Waals surface area contributed by atoms with Gasteiger partial charge < -0.3 is 4.57 Å². The summed E-state index contributed by atoms with van der Waals surface area (Å²) in [6.07, 6.45) is 6.39. The molecule has 1 aromatic carbocycles. The minimum Gasteiger partial charge on any atom is -0.327 e. The van der Waals surface area contributed by atoms with Gasteiger partial charge in [0.25, 0.3) is 0 Å². The Kier molecular flexibility index (Phi) is 5.50. The smallest absolute Gasteiger partial charge is 0.216 e. The van der Waals surface area contributed by atoms with Gasteiger partial charge in [0.15, 0.2) is 0 Å². The van der Waals surface area contributed by atoms with Crippen molar-refractivity contribution in [3.05, 3.63) is 41.0 Å². The highest BCUT2D eigenvalue weighted by atomic mass is 32.2. The topological polar surface area (TPSA) is 75.8 Å². The predicted molar refractivity (Wildman–Crippen MR) is 119 cm³/mol. The van der Waals surface area contributed by atoms with Crippen molar-refractivity contribution in [3.8, 4) is 6.07 Å². The second kappa shape index (κ2) is 7.82. The third-order valence-electron chi connectivity index (χ3n) is 5.82. The molecule has 1 aliphatic carbocycles. The van der Waals surface area contributed by atoms with Crippen LogP contribution in [0.2, 0.25) is 0 Å². The van der Waals surface area contributed by atoms with Crippen LogP contribution in [0.4, 0.5) is 0 Å². The molecule has 0 unspecified atom stereocenters. The van der Waals surface area contributed by atoms with Gasteiger partial charge in [0.05, 0.1) is 15.9 Å². The van der Waals surface area contributed by atoms with E-state index < -0.39 is 9.84 Å². The number of sulfone groups is 1. The van der Waals surface area contributed by atoms with Crippen molar-refractivity contribution >= 4 is 32.2 Å². The molecule has 158 valence electrons. The number of hydrogen-bond donors (Lipinski definition) is 0. The molecule has 0 bridgehead atoms. The van der Waals surface area contributed by atoms with Crippen molar-refractivity contribution in [1.82, 2.24) is 9.55 Å². The Hall–Kier alpha value is -2.17. The maximum absolute atomic E-state index is 13.1. The third-order valence-corrected chi connectivity index (χ3v) is 9.06. The summed E-state index contributed by atoms with van der Waals surface area (Å²) in [5.74, 6) is 1.65. The SMILES string of the molecule is CC(C)(C)c1nc2cc(S(=O)(=O)c3ccc(C#N)s3)ccc2n1CC1CCCCC1. The monoisotopic (exact) mass is 441 g/mol. The fraction of sp³-hybridized carbons (Fsp3) is 0.478. The van der Waals surface area contributed by atoms with Crippen LogP contribution >= 0.6 is 11.3 Å². The Labute approximate surface area is 182 Å². The van der Waals surface area contributed by atoms with Crippen molar-refractivity contribution in [3.63, 3.8) is 0 Å². The average Bonchev–Trinajstić information content (AvgIpc) is 3.34. The molecule has 1 fully saturated rings. The number of hydrogen-bond acceptors (Lipinski definition) is 5. The van der Waals surface area contributed by atoms with E-state index in [1.807, 2.05) is 12.1 Å². The number of nitrogens with zero attached hydrogens (tertiary/aromatic N) is 3. The first-order valence-electron chi connectivity index (χ1n) is 10.5. The first kappa shape index (κ1) is 21.1. The van der Waals surface area contributed by atoms with E-state index in [0.29, 0.717) is 16.3 Å². The van der Waals surface area contributed by atoms with Crippen molar-refractivity contribution in [2.24, 2.45) is 5.92 Å². The summed E-state index contributed by atoms with van der Waals surface area (Å²) < 4.78 is 28.7. The first-order chi connectivity index (χ1) is 14.2. The van der Waals surface area contributed by atoms with Gasteiger partial charge in [0.2, 0.25) is 9.84 Å². The van der Waals surface area contributed by atoms with E-state index in [-0.39, 0.29) is 14.5 Å². The highest BCUT2D eigenvalue weighted by molar-refractivity contribution is 7.93. The van der Waals surface area contributed by atoms with E-state index in [2.05, 4.69) is 25.3 Å². The van der Waals surface area contributed by atoms with Crippen LogP contribution in [-0.2, 0) is 21.8 Å². The molecule has 0 spiro atoms. The van der Waals surface area contributed by atoms with Crippen LogP contribution in [-0.4, -0.2) is 18.0 Å². The fourth-order valence-corrected chi connectivity index (χ4v) is 6.83. The normalized spacial score (nSPS) is 16.1. The molecule has 7 heteroatoms. The van der Waals surface area contributed by atoms with Crippen LogP contribution in [0, 0.1) is 17.2 Å². The summed E-state index contributed by atoms with van der Waals surface area (Å²) in [5.41, 5.74) is 1.57. The zero-order valence-electron chi connectivity index (χ0n) is 17.7. The first-order valence-corrected chi connectivity index (χ1v) is 12.8. The maximum atomic E-state index is 13.1. The van der Waals surface area contributed by atoms with Crippen molar-refractivity contribution in [1.29, 1.82) is 5.26 Å². The largest absolute Gasteiger partial charge is 0.327 e. The van der Waals surface area contributed by atoms with Crippen molar-refractivity contribution in [2.45, 2.75) is 73.9 Å². The second-order valence-electron chi connectivity index (χ2n) is 9.18. The van der Waals surface area contributed by atoms with Crippen LogP contribution in [0.1, 0.15) is 63.6 Å². The molecule has 30 heavy (non-hydrogen) atoms. The van der Waals surface area contributed by atoms with Gasteiger partial charge in [-0.1, -0.05) is 40.0 Å². The number of thiophene rings is 1. The molecule has 4 rings (SSSR count). The number of benzene rings is 1. The number of imidazole rings is 1. The van der Waals surface area contributed by atoms with E-state index in [1.54, 1.807) is 18.2 Å². The Morgan fingerprint density at radius 3 is 2.53 bits per heavy atom. The fourth-order valence-electron chi connectivity index (χ4n) is 4.30. The van der Waals surface area contributed by atoms with Gasteiger partial charge in [-0.15, -0.1) is 11.3 Å². The van der Waals surface area contributed by atoms with Gasteiger partial charge in [-0.25, -0.2) is 13.4 Å². The van der Waals surface area contributed by atoms with Crippen LogP contribution in [0.15, 0.2) is 39.4 Å². The number of fused-ring (bicyclic) bond motifs is 1. The lowest BCUT2D eigenvalue weighted by molar-refractivity contribution is 0.313. The van der Waals surface area contributed by atoms with Gasteiger partial charge in [-0.2, -0.15) is 5.26 Å². The predicted octanol–water partition coefficient (Wildman–Crippen LogP) is 5.68. The van der Waals surface area contributed by atoms with Crippen LogP contribution < -0.4 is 0 Å². The minimum atomic E-state index is -3.67. The summed E-state index contributed by atoms with van der Waals surface area (Å²) in [6.45, 7) is 7.39. The Morgan fingerprint density at radius 1 is 1.17 bits per heavy atom. The van der Waals surface area contributed by atoms with Crippen LogP contribution in [0.25, 0.3) is 11.0 Å². The Morgan fingerprint density at radius 2 is 1.90 bits per heavy atom. The molecule has 1 saturated carbocycles. The second-order valence-corrected chi connectivity index (χ2v) is 12.4. The molecular weight excluding hydrogens is 414 g/mol. The number of rotatable bonds is 4. The van der Waals surface area contributed by atoms with E-state index in [0.717, 1.165) is 29.2 Å². The highest BCUT2D eigenvalue weighted by Crippen LogP contribution is 2.34. The summed E-state index contributed by atoms with van der Waals surface area (Å²) in [4.78, 5) is 5.50. The van der Waals surface area contributed by atoms with Gasteiger partial charge in [0, 0.05) is 12.0 Å². The molecule has 5 nitrogen and oxygen atoms in total. The summed E-state index contributed by atoms with van der Waals surface area (Å²) in [5, 5.41) is 9.03. The summed E-state index contributed by atoms with van der Waals surface area (Å²) >= 11 is 1.00. The summed E-state index contributed by atoms with van der Waals surface area (Å²) in [7, 11) is -3.67. The van der Waals surface area contributed by atoms with E-state index in [4.69, 9.17) is 10.2 Å². The molecule has 0 radical (unpaired) electrons. The number of aromatic nitrogens is 2. The van der Waals surface area contributed by atoms with E-state index in [1.165, 1.54) is 38.2 Å². The minimum absolute atomic E-state index is 0.137. The molecule has 0 atom stereocenters. The summed E-state index contributed by atoms with van der Waals surface area (Å²) in [6, 6.07) is 10.3. The quantitative estimate of drug-likeness (QED) is 0.522. The molecule has 0 N–H and O–H groups in total. The van der Waals surface area contributed by atoms with Crippen LogP contribution in [0.5, 0.6) is 0 Å². The molecule has 2 heterocycles. The molecule has 2 aromatic heterocycles. The molecule has 0 amide bonds. The zero-order chi connectivity index (χ0) is 21.5. The van der Waals surface area contributed by atoms with Crippen LogP contribution in [0.3, 0.4) is 0 Å². The third kappa shape index (κ3) is 3.91. The Bertz CT molecular complexity index is 1220. The van der Waals surface area contributed by atoms with Gasteiger partial charge in [0.1, 0.15) is 21.0 Å². The van der Waals surface area contributed by atoms with Gasteiger partial charge >= 0.3 is 0 Å². The van der Waals surface area contributed by atoms with Gasteiger partial charge in [-0.3, -0.25) is 0 Å². The maximum Gasteiger partial charge on any atom is 0.216 e. The lowest BCUT2D eigenvalue weighted by Crippen LogP contribution is -2.22. The zero-order valence-corrected chi connectivity index (χ0v) is 19.3. The lowest BCUT2D eigenvalue weighted by Gasteiger charge is -2.26. The number of nitriles is 1. The standard InChI is InChI=1S/C23H27N3O2S2/c1-23(2,3)22-25-19-13-18(30(27,28)21-12-9-17(14-24)29-21)10-11-20(19)26(22)15-16-7-5-4-6-8-16/h9-13,16H,4-8,15H2,1-3H3. The van der Waals surface area contributed by atoms with Crippen molar-refractivity contribution < 1.29 is 8.42 Å². The van der Waals surface area contributed by atoms with Gasteiger partial charge in [-0.05, 0) is 49.1 Å². The van der Waals surface area contributed by atoms with E-state index >= 15 is 0 Å². The highest BCUT2D eigenvalue weighted by Gasteiger charge is 2.27. The molecule has 0 aliphatic heterocycles.